The molecule has 0 atom stereocenters. The van der Waals surface area contributed by atoms with E-state index in [0.29, 0.717) is 0 Å². The molecule has 0 radical (unpaired) electrons. The van der Waals surface area contributed by atoms with Crippen LogP contribution in [0.3, 0.4) is 0 Å². The van der Waals surface area contributed by atoms with Gasteiger partial charge in [-0.15, -0.1) is 0 Å². The average Bonchev–Trinajstić information content (AvgIpc) is 3.02. The Bertz CT molecular complexity index is 845. The zero-order valence-corrected chi connectivity index (χ0v) is 18.0. The van der Waals surface area contributed by atoms with Crippen molar-refractivity contribution < 1.29 is 4.48 Å². The summed E-state index contributed by atoms with van der Waals surface area (Å²) < 4.78 is 3.48. The monoisotopic (exact) mass is 377 g/mol. The van der Waals surface area contributed by atoms with Crippen LogP contribution in [0.1, 0.15) is 56.6 Å². The van der Waals surface area contributed by atoms with Crippen LogP contribution < -0.4 is 0 Å². The van der Waals surface area contributed by atoms with Crippen molar-refractivity contribution in [2.45, 2.75) is 58.5 Å². The molecule has 0 bridgehead atoms. The van der Waals surface area contributed by atoms with Gasteiger partial charge in [0, 0.05) is 29.2 Å². The van der Waals surface area contributed by atoms with Gasteiger partial charge in [-0.05, 0) is 24.5 Å². The number of hydrogen-bond acceptors (Lipinski definition) is 0. The highest BCUT2D eigenvalue weighted by molar-refractivity contribution is 5.83. The lowest BCUT2D eigenvalue weighted by atomic mass is 10.1. The molecule has 0 aliphatic carbocycles. The number of aromatic nitrogens is 1. The molecule has 0 aliphatic heterocycles. The fraction of sp³-hybridized carbons (Fsp3) is 0.462. The summed E-state index contributed by atoms with van der Waals surface area (Å²) in [5.74, 6) is 0. The van der Waals surface area contributed by atoms with Crippen molar-refractivity contribution >= 4 is 10.9 Å². The molecule has 3 rings (SSSR count). The Balaban J connectivity index is 1.68. The molecule has 0 aliphatic rings. The van der Waals surface area contributed by atoms with E-state index in [2.05, 4.69) is 86.4 Å². The Kier molecular flexibility index (Phi) is 7.33. The van der Waals surface area contributed by atoms with Gasteiger partial charge in [0.1, 0.15) is 6.54 Å². The van der Waals surface area contributed by atoms with E-state index in [4.69, 9.17) is 0 Å². The summed E-state index contributed by atoms with van der Waals surface area (Å²) in [6, 6.07) is 19.7. The molecule has 0 amide bonds. The van der Waals surface area contributed by atoms with Crippen LogP contribution in [-0.2, 0) is 13.1 Å². The topological polar surface area (TPSA) is 4.93 Å². The van der Waals surface area contributed by atoms with Crippen LogP contribution in [0, 0.1) is 0 Å². The van der Waals surface area contributed by atoms with Crippen LogP contribution in [-0.4, -0.2) is 29.7 Å². The Hall–Kier alpha value is -2.06. The van der Waals surface area contributed by atoms with Crippen LogP contribution in [0.25, 0.3) is 10.9 Å². The lowest BCUT2D eigenvalue weighted by Crippen LogP contribution is -2.39. The van der Waals surface area contributed by atoms with Gasteiger partial charge in [-0.3, -0.25) is 0 Å². The fourth-order valence-electron chi connectivity index (χ4n) is 4.22. The van der Waals surface area contributed by atoms with E-state index in [1.165, 1.54) is 67.1 Å². The summed E-state index contributed by atoms with van der Waals surface area (Å²) in [6.45, 7) is 5.57. The molecule has 0 N–H and O–H groups in total. The van der Waals surface area contributed by atoms with E-state index < -0.39 is 0 Å². The molecule has 2 nitrogen and oxygen atoms in total. The average molecular weight is 378 g/mol. The molecule has 1 aromatic heterocycles. The molecule has 28 heavy (non-hydrogen) atoms. The second-order valence-electron chi connectivity index (χ2n) is 8.87. The Labute approximate surface area is 171 Å². The number of fused-ring (bicyclic) bond motifs is 1. The Morgan fingerprint density at radius 3 is 2.25 bits per heavy atom. The lowest BCUT2D eigenvalue weighted by Gasteiger charge is -2.29. The van der Waals surface area contributed by atoms with Gasteiger partial charge in [0.25, 0.3) is 0 Å². The standard InChI is InChI=1S/C26H37N2/c1-4-5-6-7-8-14-19-28(2,3)22-24-21-27(20-23-15-10-9-11-16-23)26-18-13-12-17-25(24)26/h9-13,15-18,21H,4-8,14,19-20,22H2,1-3H3/q+1. The highest BCUT2D eigenvalue weighted by Crippen LogP contribution is 2.25. The van der Waals surface area contributed by atoms with Gasteiger partial charge in [-0.2, -0.15) is 0 Å². The number of quaternary nitrogens is 1. The first-order chi connectivity index (χ1) is 13.6. The molecule has 2 aromatic carbocycles. The van der Waals surface area contributed by atoms with E-state index >= 15 is 0 Å². The van der Waals surface area contributed by atoms with Crippen molar-refractivity contribution in [1.29, 1.82) is 0 Å². The minimum Gasteiger partial charge on any atom is -0.343 e. The van der Waals surface area contributed by atoms with E-state index in [9.17, 15) is 0 Å². The first kappa shape index (κ1) is 20.7. The first-order valence-electron chi connectivity index (χ1n) is 11.0. The summed E-state index contributed by atoms with van der Waals surface area (Å²) in [6.07, 6.45) is 10.6. The predicted octanol–water partition coefficient (Wildman–Crippen LogP) is 6.63. The number of para-hydroxylation sites is 1. The molecule has 3 aromatic rings. The normalized spacial score (nSPS) is 12.0. The summed E-state index contributed by atoms with van der Waals surface area (Å²) in [5.41, 5.74) is 4.18. The summed E-state index contributed by atoms with van der Waals surface area (Å²) in [7, 11) is 4.77. The Morgan fingerprint density at radius 1 is 0.786 bits per heavy atom. The van der Waals surface area contributed by atoms with Crippen LogP contribution in [0.4, 0.5) is 0 Å². The van der Waals surface area contributed by atoms with Gasteiger partial charge in [0.05, 0.1) is 20.6 Å². The third-order valence-electron chi connectivity index (χ3n) is 5.78. The molecular weight excluding hydrogens is 340 g/mol. The van der Waals surface area contributed by atoms with Crippen molar-refractivity contribution in [2.75, 3.05) is 20.6 Å². The second-order valence-corrected chi connectivity index (χ2v) is 8.87. The number of nitrogens with zero attached hydrogens (tertiary/aromatic N) is 2. The minimum absolute atomic E-state index is 0.937. The third kappa shape index (κ3) is 5.72. The highest BCUT2D eigenvalue weighted by atomic mass is 15.3. The summed E-state index contributed by atoms with van der Waals surface area (Å²) in [4.78, 5) is 0. The van der Waals surface area contributed by atoms with Gasteiger partial charge in [-0.1, -0.05) is 81.1 Å². The van der Waals surface area contributed by atoms with Gasteiger partial charge in [-0.25, -0.2) is 0 Å². The predicted molar refractivity (Wildman–Crippen MR) is 122 cm³/mol. The van der Waals surface area contributed by atoms with Crippen molar-refractivity contribution in [3.8, 4) is 0 Å². The van der Waals surface area contributed by atoms with Gasteiger partial charge >= 0.3 is 0 Å². The molecule has 0 fully saturated rings. The maximum absolute atomic E-state index is 2.42. The fourth-order valence-corrected chi connectivity index (χ4v) is 4.22. The molecule has 0 spiro atoms. The summed E-state index contributed by atoms with van der Waals surface area (Å²) >= 11 is 0. The SMILES string of the molecule is CCCCCCCC[N+](C)(C)Cc1cn(Cc2ccccc2)c2ccccc12. The Morgan fingerprint density at radius 2 is 1.46 bits per heavy atom. The van der Waals surface area contributed by atoms with Crippen LogP contribution in [0.5, 0.6) is 0 Å². The molecule has 150 valence electrons. The van der Waals surface area contributed by atoms with E-state index in [0.717, 1.165) is 17.6 Å². The minimum atomic E-state index is 0.937. The maximum atomic E-state index is 2.42. The van der Waals surface area contributed by atoms with E-state index in [1.807, 2.05) is 0 Å². The quantitative estimate of drug-likeness (QED) is 0.261. The third-order valence-corrected chi connectivity index (χ3v) is 5.78. The maximum Gasteiger partial charge on any atom is 0.106 e. The first-order valence-corrected chi connectivity index (χ1v) is 11.0. The molecular formula is C26H37N2+. The largest absolute Gasteiger partial charge is 0.343 e. The molecule has 1 heterocycles. The smallest absolute Gasteiger partial charge is 0.106 e. The zero-order chi connectivity index (χ0) is 19.8. The highest BCUT2D eigenvalue weighted by Gasteiger charge is 2.19. The van der Waals surface area contributed by atoms with Crippen LogP contribution >= 0.6 is 0 Å². The van der Waals surface area contributed by atoms with Gasteiger partial charge < -0.3 is 9.05 Å². The second kappa shape index (κ2) is 9.93. The zero-order valence-electron chi connectivity index (χ0n) is 18.0. The summed E-state index contributed by atoms with van der Waals surface area (Å²) in [5, 5.41) is 1.41. The van der Waals surface area contributed by atoms with Gasteiger partial charge in [0.15, 0.2) is 0 Å². The van der Waals surface area contributed by atoms with Crippen molar-refractivity contribution in [1.82, 2.24) is 4.57 Å². The molecule has 0 unspecified atom stereocenters. The molecule has 0 saturated heterocycles. The number of benzene rings is 2. The van der Waals surface area contributed by atoms with Crippen LogP contribution in [0.15, 0.2) is 60.8 Å². The van der Waals surface area contributed by atoms with Crippen molar-refractivity contribution in [3.63, 3.8) is 0 Å². The van der Waals surface area contributed by atoms with Gasteiger partial charge in [0.2, 0.25) is 0 Å². The molecule has 2 heteroatoms. The van der Waals surface area contributed by atoms with E-state index in [-0.39, 0.29) is 0 Å². The van der Waals surface area contributed by atoms with E-state index in [1.54, 1.807) is 0 Å². The van der Waals surface area contributed by atoms with Crippen molar-refractivity contribution in [3.05, 3.63) is 71.9 Å². The number of rotatable bonds is 11. The lowest BCUT2D eigenvalue weighted by molar-refractivity contribution is -0.903. The van der Waals surface area contributed by atoms with Crippen molar-refractivity contribution in [2.24, 2.45) is 0 Å². The van der Waals surface area contributed by atoms with Crippen LogP contribution in [0.2, 0.25) is 0 Å². The number of hydrogen-bond donors (Lipinski definition) is 0. The molecule has 0 saturated carbocycles. The number of unbranched alkanes of at least 4 members (excludes halogenated alkanes) is 5.